The lowest BCUT2D eigenvalue weighted by molar-refractivity contribution is -0.139. The molecule has 0 aromatic carbocycles. The van der Waals surface area contributed by atoms with Gasteiger partial charge in [0.25, 0.3) is 0 Å². The molecule has 1 fully saturated rings. The van der Waals surface area contributed by atoms with Gasteiger partial charge in [-0.05, 0) is 18.5 Å². The lowest BCUT2D eigenvalue weighted by Crippen LogP contribution is -2.37. The van der Waals surface area contributed by atoms with E-state index in [1.54, 1.807) is 0 Å². The fourth-order valence-electron chi connectivity index (χ4n) is 1.13. The second-order valence-electron chi connectivity index (χ2n) is 2.33. The quantitative estimate of drug-likeness (QED) is 0.337. The van der Waals surface area contributed by atoms with Crippen molar-refractivity contribution in [3.63, 3.8) is 0 Å². The van der Waals surface area contributed by atoms with E-state index in [9.17, 15) is 4.79 Å². The molecule has 1 unspecified atom stereocenters. The average Bonchev–Trinajstić information content (AvgIpc) is 2.36. The van der Waals surface area contributed by atoms with Crippen LogP contribution in [0, 0.1) is 0 Å². The summed E-state index contributed by atoms with van der Waals surface area (Å²) in [6.07, 6.45) is 0.598. The van der Waals surface area contributed by atoms with E-state index in [2.05, 4.69) is 15.3 Å². The van der Waals surface area contributed by atoms with Crippen molar-refractivity contribution in [1.29, 1.82) is 0 Å². The number of carbonyl (C=O) groups is 1. The first-order valence-corrected chi connectivity index (χ1v) is 3.26. The van der Waals surface area contributed by atoms with Crippen LogP contribution in [0.5, 0.6) is 0 Å². The lowest BCUT2D eigenvalue weighted by Gasteiger charge is -2.07. The summed E-state index contributed by atoms with van der Waals surface area (Å²) in [6.45, 7) is 0.598. The topological polar surface area (TPSA) is 98.1 Å². The first kappa shape index (κ1) is 7.84. The number of hydrogen-bond acceptors (Lipinski definition) is 3. The molecule has 11 heavy (non-hydrogen) atoms. The van der Waals surface area contributed by atoms with Gasteiger partial charge in [-0.1, -0.05) is 5.11 Å². The van der Waals surface area contributed by atoms with E-state index in [1.165, 1.54) is 0 Å². The van der Waals surface area contributed by atoms with Gasteiger partial charge in [-0.3, -0.25) is 4.79 Å². The largest absolute Gasteiger partial charge is 0.480 e. The molecule has 0 aliphatic carbocycles. The van der Waals surface area contributed by atoms with Gasteiger partial charge in [-0.15, -0.1) is 0 Å². The monoisotopic (exact) mass is 156 g/mol. The van der Waals surface area contributed by atoms with Crippen molar-refractivity contribution >= 4 is 5.97 Å². The van der Waals surface area contributed by atoms with Crippen molar-refractivity contribution in [2.24, 2.45) is 5.11 Å². The molecule has 0 aromatic heterocycles. The van der Waals surface area contributed by atoms with Gasteiger partial charge in [0.2, 0.25) is 0 Å². The van der Waals surface area contributed by atoms with E-state index in [4.69, 9.17) is 10.6 Å². The van der Waals surface area contributed by atoms with Crippen molar-refractivity contribution in [1.82, 2.24) is 5.32 Å². The highest BCUT2D eigenvalue weighted by Crippen LogP contribution is 2.11. The van der Waals surface area contributed by atoms with Gasteiger partial charge < -0.3 is 10.4 Å². The van der Waals surface area contributed by atoms with Gasteiger partial charge in [0.1, 0.15) is 6.04 Å². The van der Waals surface area contributed by atoms with Gasteiger partial charge in [-0.25, -0.2) is 0 Å². The Morgan fingerprint density at radius 2 is 2.55 bits per heavy atom. The maximum Gasteiger partial charge on any atom is 0.321 e. The minimum absolute atomic E-state index is 0.433. The summed E-state index contributed by atoms with van der Waals surface area (Å²) in [7, 11) is 0. The molecule has 1 saturated heterocycles. The Morgan fingerprint density at radius 1 is 1.82 bits per heavy atom. The van der Waals surface area contributed by atoms with Crippen molar-refractivity contribution in [2.45, 2.75) is 18.5 Å². The summed E-state index contributed by atoms with van der Waals surface area (Å²) >= 11 is 0. The molecule has 0 saturated carbocycles. The van der Waals surface area contributed by atoms with Crippen LogP contribution in [0.15, 0.2) is 5.11 Å². The zero-order valence-corrected chi connectivity index (χ0v) is 5.77. The normalized spacial score (nSPS) is 29.5. The summed E-state index contributed by atoms with van der Waals surface area (Å²) in [5, 5.41) is 14.7. The number of rotatable bonds is 2. The molecule has 1 aliphatic rings. The summed E-state index contributed by atoms with van der Waals surface area (Å²) in [5.74, 6) is -0.958. The molecule has 1 heterocycles. The summed E-state index contributed by atoms with van der Waals surface area (Å²) in [6, 6.07) is -1.14. The third-order valence-corrected chi connectivity index (χ3v) is 1.66. The fourth-order valence-corrected chi connectivity index (χ4v) is 1.13. The second kappa shape index (κ2) is 3.23. The number of nitrogens with zero attached hydrogens (tertiary/aromatic N) is 3. The third kappa shape index (κ3) is 1.60. The predicted molar refractivity (Wildman–Crippen MR) is 37.0 cm³/mol. The maximum atomic E-state index is 10.4. The minimum Gasteiger partial charge on any atom is -0.480 e. The van der Waals surface area contributed by atoms with E-state index >= 15 is 0 Å². The standard InChI is InChI=1S/C5H8N4O2/c6-9-8-3-1-2-7-4(3)5(10)11/h3-4,7H,1-2H2,(H,10,11)/t3?,4-/m0/s1. The van der Waals surface area contributed by atoms with E-state index in [0.717, 1.165) is 0 Å². The van der Waals surface area contributed by atoms with Gasteiger partial charge in [-0.2, -0.15) is 0 Å². The Morgan fingerprint density at radius 3 is 3.09 bits per heavy atom. The molecule has 0 radical (unpaired) electrons. The molecule has 6 nitrogen and oxygen atoms in total. The van der Waals surface area contributed by atoms with Crippen LogP contribution in [-0.2, 0) is 4.79 Å². The fraction of sp³-hybridized carbons (Fsp3) is 0.800. The Labute approximate surface area is 62.8 Å². The summed E-state index contributed by atoms with van der Waals surface area (Å²) < 4.78 is 0. The van der Waals surface area contributed by atoms with E-state index in [-0.39, 0.29) is 0 Å². The molecule has 1 aliphatic heterocycles. The number of azide groups is 1. The van der Waals surface area contributed by atoms with Gasteiger partial charge >= 0.3 is 5.97 Å². The molecule has 0 bridgehead atoms. The summed E-state index contributed by atoms with van der Waals surface area (Å²) in [4.78, 5) is 13.0. The molecule has 0 aromatic rings. The van der Waals surface area contributed by atoms with Crippen LogP contribution in [0.2, 0.25) is 0 Å². The summed E-state index contributed by atoms with van der Waals surface area (Å²) in [5.41, 5.74) is 8.06. The first-order chi connectivity index (χ1) is 5.25. The molecular weight excluding hydrogens is 148 g/mol. The molecule has 2 N–H and O–H groups in total. The minimum atomic E-state index is -0.958. The molecule has 1 rings (SSSR count). The van der Waals surface area contributed by atoms with Crippen LogP contribution in [0.3, 0.4) is 0 Å². The van der Waals surface area contributed by atoms with Gasteiger partial charge in [0.05, 0.1) is 6.04 Å². The van der Waals surface area contributed by atoms with Gasteiger partial charge in [0.15, 0.2) is 0 Å². The highest BCUT2D eigenvalue weighted by molar-refractivity contribution is 5.75. The maximum absolute atomic E-state index is 10.4. The Balaban J connectivity index is 2.64. The Kier molecular flexibility index (Phi) is 2.30. The molecule has 6 heteroatoms. The van der Waals surface area contributed by atoms with Crippen molar-refractivity contribution < 1.29 is 9.90 Å². The van der Waals surface area contributed by atoms with Gasteiger partial charge in [0, 0.05) is 4.91 Å². The highest BCUT2D eigenvalue weighted by atomic mass is 16.4. The predicted octanol–water partition coefficient (Wildman–Crippen LogP) is 0.112. The van der Waals surface area contributed by atoms with Crippen LogP contribution in [-0.4, -0.2) is 29.7 Å². The zero-order valence-electron chi connectivity index (χ0n) is 5.77. The molecule has 0 amide bonds. The highest BCUT2D eigenvalue weighted by Gasteiger charge is 2.31. The van der Waals surface area contributed by atoms with Crippen molar-refractivity contribution in [3.05, 3.63) is 10.4 Å². The van der Waals surface area contributed by atoms with E-state index in [0.29, 0.717) is 13.0 Å². The molecule has 2 atom stereocenters. The third-order valence-electron chi connectivity index (χ3n) is 1.66. The van der Waals surface area contributed by atoms with Crippen molar-refractivity contribution in [2.75, 3.05) is 6.54 Å². The number of carboxylic acids is 1. The zero-order chi connectivity index (χ0) is 8.27. The molecule has 60 valence electrons. The van der Waals surface area contributed by atoms with E-state index < -0.39 is 18.1 Å². The second-order valence-corrected chi connectivity index (χ2v) is 2.33. The van der Waals surface area contributed by atoms with Crippen LogP contribution in [0.4, 0.5) is 0 Å². The van der Waals surface area contributed by atoms with Crippen LogP contribution < -0.4 is 5.32 Å². The Bertz CT molecular complexity index is 203. The number of carboxylic acid groups (broad SMARTS) is 1. The first-order valence-electron chi connectivity index (χ1n) is 3.26. The lowest BCUT2D eigenvalue weighted by atomic mass is 10.1. The van der Waals surface area contributed by atoms with E-state index in [1.807, 2.05) is 0 Å². The smallest absolute Gasteiger partial charge is 0.321 e. The van der Waals surface area contributed by atoms with Crippen molar-refractivity contribution in [3.8, 4) is 0 Å². The Hall–Kier alpha value is -1.26. The average molecular weight is 156 g/mol. The molecular formula is C5H8N4O2. The number of nitrogens with one attached hydrogen (secondary N) is 1. The van der Waals surface area contributed by atoms with Crippen LogP contribution in [0.25, 0.3) is 10.4 Å². The SMILES string of the molecule is [N-]=[N+]=NC1CCN[C@@H]1C(=O)O. The number of hydrogen-bond donors (Lipinski definition) is 2. The van der Waals surface area contributed by atoms with Crippen LogP contribution in [0.1, 0.15) is 6.42 Å². The number of aliphatic carboxylic acids is 1. The van der Waals surface area contributed by atoms with Crippen LogP contribution >= 0.6 is 0 Å². The molecule has 0 spiro atoms.